The summed E-state index contributed by atoms with van der Waals surface area (Å²) in [5, 5.41) is 3.37. The molecule has 3 nitrogen and oxygen atoms in total. The van der Waals surface area contributed by atoms with Crippen LogP contribution in [0.5, 0.6) is 0 Å². The first-order chi connectivity index (χ1) is 6.68. The minimum absolute atomic E-state index is 0.213. The van der Waals surface area contributed by atoms with Gasteiger partial charge in [-0.05, 0) is 31.2 Å². The molecule has 0 spiro atoms. The highest BCUT2D eigenvalue weighted by Crippen LogP contribution is 2.38. The molecule has 0 radical (unpaired) electrons. The van der Waals surface area contributed by atoms with Crippen molar-refractivity contribution in [3.8, 4) is 0 Å². The normalized spacial score (nSPS) is 35.6. The van der Waals surface area contributed by atoms with Gasteiger partial charge in [0.2, 0.25) is 0 Å². The number of ketones is 2. The van der Waals surface area contributed by atoms with E-state index in [1.165, 1.54) is 26.2 Å². The van der Waals surface area contributed by atoms with E-state index < -0.39 is 0 Å². The maximum Gasteiger partial charge on any atom is 0.199 e. The van der Waals surface area contributed by atoms with Gasteiger partial charge in [0.1, 0.15) is 0 Å². The van der Waals surface area contributed by atoms with Crippen LogP contribution in [0.3, 0.4) is 0 Å². The SMILES string of the molecule is CC(=O)C(=O)CC1NCC2CCCC21. The molecule has 0 aromatic rings. The van der Waals surface area contributed by atoms with Crippen LogP contribution in [0.2, 0.25) is 0 Å². The number of Topliss-reactive ketones (excluding diaryl/α,β-unsaturated/α-hetero) is 2. The predicted octanol–water partition coefficient (Wildman–Crippen LogP) is 0.923. The molecule has 1 aliphatic heterocycles. The van der Waals surface area contributed by atoms with Crippen LogP contribution in [0.25, 0.3) is 0 Å². The van der Waals surface area contributed by atoms with Gasteiger partial charge in [0.15, 0.2) is 11.6 Å². The molecule has 1 saturated carbocycles. The summed E-state index contributed by atoms with van der Waals surface area (Å²) in [4.78, 5) is 22.1. The molecule has 2 aliphatic rings. The highest BCUT2D eigenvalue weighted by molar-refractivity contribution is 6.36. The lowest BCUT2D eigenvalue weighted by atomic mass is 9.91. The second-order valence-corrected chi connectivity index (χ2v) is 4.55. The maximum absolute atomic E-state index is 11.3. The van der Waals surface area contributed by atoms with Crippen LogP contribution in [-0.4, -0.2) is 24.2 Å². The first-order valence-corrected chi connectivity index (χ1v) is 5.45. The van der Waals surface area contributed by atoms with E-state index in [2.05, 4.69) is 5.32 Å². The van der Waals surface area contributed by atoms with Crippen LogP contribution < -0.4 is 5.32 Å². The Bertz CT molecular complexity index is 262. The maximum atomic E-state index is 11.3. The molecule has 3 heteroatoms. The summed E-state index contributed by atoms with van der Waals surface area (Å²) in [5.41, 5.74) is 0. The fraction of sp³-hybridized carbons (Fsp3) is 0.818. The monoisotopic (exact) mass is 195 g/mol. The van der Waals surface area contributed by atoms with Crippen molar-refractivity contribution in [2.75, 3.05) is 6.54 Å². The molecule has 0 amide bonds. The van der Waals surface area contributed by atoms with Crippen molar-refractivity contribution >= 4 is 11.6 Å². The third kappa shape index (κ3) is 1.73. The molecule has 1 aliphatic carbocycles. The van der Waals surface area contributed by atoms with Crippen molar-refractivity contribution in [3.05, 3.63) is 0 Å². The van der Waals surface area contributed by atoms with E-state index in [9.17, 15) is 9.59 Å². The van der Waals surface area contributed by atoms with E-state index in [0.717, 1.165) is 12.5 Å². The van der Waals surface area contributed by atoms with Gasteiger partial charge in [-0.1, -0.05) is 6.42 Å². The number of fused-ring (bicyclic) bond motifs is 1. The van der Waals surface area contributed by atoms with Gasteiger partial charge in [-0.15, -0.1) is 0 Å². The number of hydrogen-bond acceptors (Lipinski definition) is 3. The molecule has 1 N–H and O–H groups in total. The first-order valence-electron chi connectivity index (χ1n) is 5.45. The minimum atomic E-state index is -0.298. The zero-order valence-corrected chi connectivity index (χ0v) is 8.58. The van der Waals surface area contributed by atoms with Crippen molar-refractivity contribution in [1.82, 2.24) is 5.32 Å². The smallest absolute Gasteiger partial charge is 0.199 e. The Hall–Kier alpha value is -0.700. The second kappa shape index (κ2) is 3.81. The van der Waals surface area contributed by atoms with Crippen molar-refractivity contribution < 1.29 is 9.59 Å². The molecule has 0 aromatic heterocycles. The zero-order valence-electron chi connectivity index (χ0n) is 8.58. The van der Waals surface area contributed by atoms with Crippen LogP contribution in [0, 0.1) is 11.8 Å². The van der Waals surface area contributed by atoms with E-state index in [4.69, 9.17) is 0 Å². The van der Waals surface area contributed by atoms with Crippen molar-refractivity contribution in [1.29, 1.82) is 0 Å². The Morgan fingerprint density at radius 3 is 2.86 bits per heavy atom. The third-order valence-electron chi connectivity index (χ3n) is 3.67. The fourth-order valence-corrected chi connectivity index (χ4v) is 2.87. The van der Waals surface area contributed by atoms with Crippen LogP contribution in [0.15, 0.2) is 0 Å². The summed E-state index contributed by atoms with van der Waals surface area (Å²) < 4.78 is 0. The van der Waals surface area contributed by atoms with Crippen LogP contribution >= 0.6 is 0 Å². The number of nitrogens with one attached hydrogen (secondary N) is 1. The van der Waals surface area contributed by atoms with Gasteiger partial charge in [-0.25, -0.2) is 0 Å². The number of rotatable bonds is 3. The minimum Gasteiger partial charge on any atom is -0.313 e. The van der Waals surface area contributed by atoms with Gasteiger partial charge >= 0.3 is 0 Å². The Balaban J connectivity index is 1.93. The molecule has 1 heterocycles. The second-order valence-electron chi connectivity index (χ2n) is 4.55. The van der Waals surface area contributed by atoms with Gasteiger partial charge < -0.3 is 5.32 Å². The van der Waals surface area contributed by atoms with Gasteiger partial charge in [-0.2, -0.15) is 0 Å². The standard InChI is InChI=1S/C11H17NO2/c1-7(13)11(14)5-10-9-4-2-3-8(9)6-12-10/h8-10,12H,2-6H2,1H3. The lowest BCUT2D eigenvalue weighted by Crippen LogP contribution is -2.31. The summed E-state index contributed by atoms with van der Waals surface area (Å²) in [5.74, 6) is 0.904. The topological polar surface area (TPSA) is 46.2 Å². The molecule has 3 unspecified atom stereocenters. The molecule has 78 valence electrons. The predicted molar refractivity (Wildman–Crippen MR) is 52.9 cm³/mol. The molecular weight excluding hydrogens is 178 g/mol. The van der Waals surface area contributed by atoms with Crippen LogP contribution in [0.1, 0.15) is 32.6 Å². The highest BCUT2D eigenvalue weighted by Gasteiger charge is 2.39. The van der Waals surface area contributed by atoms with E-state index in [1.54, 1.807) is 0 Å². The molecule has 0 bridgehead atoms. The summed E-state index contributed by atoms with van der Waals surface area (Å²) >= 11 is 0. The lowest BCUT2D eigenvalue weighted by Gasteiger charge is -2.16. The Kier molecular flexibility index (Phi) is 2.68. The molecule has 0 aromatic carbocycles. The molecule has 2 fully saturated rings. The zero-order chi connectivity index (χ0) is 10.1. The third-order valence-corrected chi connectivity index (χ3v) is 3.67. The van der Waals surface area contributed by atoms with Crippen LogP contribution in [-0.2, 0) is 9.59 Å². The summed E-state index contributed by atoms with van der Waals surface area (Å²) in [6, 6.07) is 0.277. The van der Waals surface area contributed by atoms with E-state index in [-0.39, 0.29) is 17.6 Å². The number of carbonyl (C=O) groups excluding carboxylic acids is 2. The van der Waals surface area contributed by atoms with Gasteiger partial charge in [0.25, 0.3) is 0 Å². The average molecular weight is 195 g/mol. The van der Waals surface area contributed by atoms with Crippen molar-refractivity contribution in [3.63, 3.8) is 0 Å². The van der Waals surface area contributed by atoms with Crippen LogP contribution in [0.4, 0.5) is 0 Å². The molecule has 1 saturated heterocycles. The van der Waals surface area contributed by atoms with Crippen molar-refractivity contribution in [2.45, 2.75) is 38.6 Å². The van der Waals surface area contributed by atoms with Gasteiger partial charge in [0, 0.05) is 19.4 Å². The van der Waals surface area contributed by atoms with Gasteiger partial charge in [-0.3, -0.25) is 9.59 Å². The van der Waals surface area contributed by atoms with Gasteiger partial charge in [0.05, 0.1) is 0 Å². The Labute approximate surface area is 84.2 Å². The molecular formula is C11H17NO2. The number of hydrogen-bond donors (Lipinski definition) is 1. The van der Waals surface area contributed by atoms with E-state index in [1.807, 2.05) is 0 Å². The summed E-state index contributed by atoms with van der Waals surface area (Å²) in [6.07, 6.45) is 4.23. The number of carbonyl (C=O) groups is 2. The molecule has 2 rings (SSSR count). The lowest BCUT2D eigenvalue weighted by molar-refractivity contribution is -0.135. The highest BCUT2D eigenvalue weighted by atomic mass is 16.2. The summed E-state index contributed by atoms with van der Waals surface area (Å²) in [6.45, 7) is 2.41. The fourth-order valence-electron chi connectivity index (χ4n) is 2.87. The average Bonchev–Trinajstić information content (AvgIpc) is 2.69. The summed E-state index contributed by atoms with van der Waals surface area (Å²) in [7, 11) is 0. The molecule has 3 atom stereocenters. The first kappa shape index (κ1) is 9.84. The Morgan fingerprint density at radius 1 is 1.36 bits per heavy atom. The van der Waals surface area contributed by atoms with Crippen molar-refractivity contribution in [2.24, 2.45) is 11.8 Å². The quantitative estimate of drug-likeness (QED) is 0.681. The van der Waals surface area contributed by atoms with E-state index in [0.29, 0.717) is 12.3 Å². The Morgan fingerprint density at radius 2 is 2.14 bits per heavy atom. The molecule has 14 heavy (non-hydrogen) atoms. The van der Waals surface area contributed by atoms with E-state index >= 15 is 0 Å². The largest absolute Gasteiger partial charge is 0.313 e.